The lowest BCUT2D eigenvalue weighted by Gasteiger charge is -2.31. The summed E-state index contributed by atoms with van der Waals surface area (Å²) in [5.41, 5.74) is 3.56. The molecule has 1 aliphatic rings. The molecule has 0 saturated heterocycles. The average molecular weight is 250 g/mol. The molecule has 0 saturated carbocycles. The molecule has 17 heavy (non-hydrogen) atoms. The van der Waals surface area contributed by atoms with E-state index in [9.17, 15) is 4.79 Å². The smallest absolute Gasteiger partial charge is 0.240 e. The van der Waals surface area contributed by atoms with Crippen molar-refractivity contribution in [1.82, 2.24) is 5.32 Å². The van der Waals surface area contributed by atoms with Crippen LogP contribution in [0, 0.1) is 13.8 Å². The molecular weight excluding hydrogens is 232 g/mol. The highest BCUT2D eigenvalue weighted by Gasteiger charge is 2.24. The van der Waals surface area contributed by atoms with Crippen LogP contribution >= 0.6 is 11.8 Å². The fraction of sp³-hybridized carbons (Fsp3) is 0.462. The topological polar surface area (TPSA) is 32.3 Å². The van der Waals surface area contributed by atoms with Gasteiger partial charge in [-0.2, -0.15) is 0 Å². The van der Waals surface area contributed by atoms with Gasteiger partial charge in [0.15, 0.2) is 0 Å². The Balaban J connectivity index is 2.40. The molecule has 4 heteroatoms. The van der Waals surface area contributed by atoms with Crippen LogP contribution in [0.15, 0.2) is 17.0 Å². The predicted octanol–water partition coefficient (Wildman–Crippen LogP) is 1.96. The number of benzene rings is 1. The number of carbonyl (C=O) groups is 1. The van der Waals surface area contributed by atoms with Crippen LogP contribution in [0.2, 0.25) is 0 Å². The van der Waals surface area contributed by atoms with Crippen molar-refractivity contribution in [2.24, 2.45) is 0 Å². The van der Waals surface area contributed by atoms with E-state index in [0.29, 0.717) is 6.54 Å². The lowest BCUT2D eigenvalue weighted by molar-refractivity contribution is -0.117. The molecule has 0 radical (unpaired) electrons. The van der Waals surface area contributed by atoms with Crippen molar-refractivity contribution >= 4 is 23.4 Å². The second-order valence-corrected chi connectivity index (χ2v) is 5.49. The molecule has 0 aliphatic carbocycles. The van der Waals surface area contributed by atoms with Gasteiger partial charge in [-0.15, -0.1) is 11.8 Å². The molecule has 1 heterocycles. The Morgan fingerprint density at radius 1 is 1.47 bits per heavy atom. The number of rotatable bonds is 2. The summed E-state index contributed by atoms with van der Waals surface area (Å²) in [7, 11) is 1.81. The van der Waals surface area contributed by atoms with Crippen molar-refractivity contribution in [1.29, 1.82) is 0 Å². The second-order valence-electron chi connectivity index (χ2n) is 4.35. The number of aryl methyl sites for hydroxylation is 2. The zero-order valence-electron chi connectivity index (χ0n) is 10.5. The lowest BCUT2D eigenvalue weighted by atomic mass is 10.1. The predicted molar refractivity (Wildman–Crippen MR) is 72.9 cm³/mol. The van der Waals surface area contributed by atoms with E-state index in [1.54, 1.807) is 7.05 Å². The highest BCUT2D eigenvalue weighted by Crippen LogP contribution is 2.38. The molecule has 0 unspecified atom stereocenters. The Morgan fingerprint density at radius 3 is 2.94 bits per heavy atom. The van der Waals surface area contributed by atoms with Crippen molar-refractivity contribution in [3.8, 4) is 0 Å². The summed E-state index contributed by atoms with van der Waals surface area (Å²) in [6.45, 7) is 5.39. The Hall–Kier alpha value is -1.00. The van der Waals surface area contributed by atoms with E-state index in [1.807, 2.05) is 16.7 Å². The van der Waals surface area contributed by atoms with Gasteiger partial charge in [0.05, 0.1) is 12.2 Å². The van der Waals surface area contributed by atoms with Crippen LogP contribution in [0.5, 0.6) is 0 Å². The van der Waals surface area contributed by atoms with Crippen LogP contribution in [0.4, 0.5) is 5.69 Å². The van der Waals surface area contributed by atoms with E-state index in [0.717, 1.165) is 18.0 Å². The van der Waals surface area contributed by atoms with E-state index >= 15 is 0 Å². The maximum absolute atomic E-state index is 12.1. The lowest BCUT2D eigenvalue weighted by Crippen LogP contribution is -2.40. The largest absolute Gasteiger partial charge is 0.311 e. The molecule has 3 nitrogen and oxygen atoms in total. The van der Waals surface area contributed by atoms with Crippen LogP contribution in [-0.2, 0) is 4.79 Å². The van der Waals surface area contributed by atoms with Crippen LogP contribution in [-0.4, -0.2) is 31.8 Å². The summed E-state index contributed by atoms with van der Waals surface area (Å²) in [4.78, 5) is 15.2. The molecule has 0 fully saturated rings. The van der Waals surface area contributed by atoms with E-state index in [4.69, 9.17) is 0 Å². The van der Waals surface area contributed by atoms with E-state index < -0.39 is 0 Å². The number of nitrogens with one attached hydrogen (secondary N) is 1. The minimum Gasteiger partial charge on any atom is -0.311 e. The number of carbonyl (C=O) groups excluding carboxylic acids is 1. The summed E-state index contributed by atoms with van der Waals surface area (Å²) in [5.74, 6) is 1.13. The van der Waals surface area contributed by atoms with Crippen LogP contribution < -0.4 is 10.2 Å². The summed E-state index contributed by atoms with van der Waals surface area (Å²) in [6.07, 6.45) is 0. The molecular formula is C13H18N2OS. The number of anilines is 1. The summed E-state index contributed by atoms with van der Waals surface area (Å²) in [5, 5.41) is 2.93. The molecule has 92 valence electrons. The number of hydrogen-bond donors (Lipinski definition) is 1. The monoisotopic (exact) mass is 250 g/mol. The highest BCUT2D eigenvalue weighted by atomic mass is 32.2. The first-order valence-corrected chi connectivity index (χ1v) is 6.81. The van der Waals surface area contributed by atoms with Gasteiger partial charge in [0, 0.05) is 17.2 Å². The Labute approximate surface area is 107 Å². The third kappa shape index (κ3) is 2.48. The highest BCUT2D eigenvalue weighted by molar-refractivity contribution is 7.99. The third-order valence-electron chi connectivity index (χ3n) is 2.88. The maximum atomic E-state index is 12.1. The van der Waals surface area contributed by atoms with Gasteiger partial charge >= 0.3 is 0 Å². The fourth-order valence-corrected chi connectivity index (χ4v) is 3.40. The van der Waals surface area contributed by atoms with Gasteiger partial charge in [0.2, 0.25) is 5.91 Å². The quantitative estimate of drug-likeness (QED) is 0.871. The molecule has 0 aromatic heterocycles. The standard InChI is InChI=1S/C13H18N2OS/c1-9-6-10(2)13-11(7-9)17-5-4-15(13)12(16)8-14-3/h6-7,14H,4-5,8H2,1-3H3. The number of likely N-dealkylation sites (N-methyl/N-ethyl adjacent to an activating group) is 1. The van der Waals surface area contributed by atoms with Gasteiger partial charge in [-0.3, -0.25) is 4.79 Å². The Kier molecular flexibility index (Phi) is 3.74. The van der Waals surface area contributed by atoms with Gasteiger partial charge < -0.3 is 10.2 Å². The van der Waals surface area contributed by atoms with Crippen molar-refractivity contribution in [2.45, 2.75) is 18.7 Å². The molecule has 2 rings (SSSR count). The molecule has 1 aliphatic heterocycles. The van der Waals surface area contributed by atoms with Gasteiger partial charge in [0.25, 0.3) is 0 Å². The van der Waals surface area contributed by atoms with Crippen molar-refractivity contribution < 1.29 is 4.79 Å². The first-order valence-electron chi connectivity index (χ1n) is 5.82. The van der Waals surface area contributed by atoms with E-state index in [1.165, 1.54) is 16.0 Å². The SMILES string of the molecule is CNCC(=O)N1CCSc2cc(C)cc(C)c21. The number of nitrogens with zero attached hydrogens (tertiary/aromatic N) is 1. The number of fused-ring (bicyclic) bond motifs is 1. The van der Waals surface area contributed by atoms with Crippen LogP contribution in [0.3, 0.4) is 0 Å². The van der Waals surface area contributed by atoms with Gasteiger partial charge in [-0.1, -0.05) is 6.07 Å². The molecule has 0 spiro atoms. The second kappa shape index (κ2) is 5.10. The molecule has 1 aromatic rings. The molecule has 1 aromatic carbocycles. The van der Waals surface area contributed by atoms with Gasteiger partial charge in [-0.05, 0) is 38.1 Å². The van der Waals surface area contributed by atoms with Crippen molar-refractivity contribution in [3.05, 3.63) is 23.3 Å². The first-order chi connectivity index (χ1) is 8.13. The van der Waals surface area contributed by atoms with Gasteiger partial charge in [-0.25, -0.2) is 0 Å². The van der Waals surface area contributed by atoms with Crippen LogP contribution in [0.25, 0.3) is 0 Å². The zero-order valence-corrected chi connectivity index (χ0v) is 11.4. The molecule has 1 N–H and O–H groups in total. The Bertz CT molecular complexity index is 445. The minimum atomic E-state index is 0.154. The van der Waals surface area contributed by atoms with E-state index in [-0.39, 0.29) is 5.91 Å². The van der Waals surface area contributed by atoms with Gasteiger partial charge in [0.1, 0.15) is 0 Å². The summed E-state index contributed by atoms with van der Waals surface area (Å²) in [6, 6.07) is 4.32. The molecule has 0 atom stereocenters. The normalized spacial score (nSPS) is 14.6. The molecule has 0 bridgehead atoms. The minimum absolute atomic E-state index is 0.154. The maximum Gasteiger partial charge on any atom is 0.240 e. The molecule has 1 amide bonds. The van der Waals surface area contributed by atoms with Crippen molar-refractivity contribution in [2.75, 3.05) is 30.8 Å². The number of hydrogen-bond acceptors (Lipinski definition) is 3. The summed E-state index contributed by atoms with van der Waals surface area (Å²) >= 11 is 1.84. The fourth-order valence-electron chi connectivity index (χ4n) is 2.23. The van der Waals surface area contributed by atoms with Crippen LogP contribution in [0.1, 0.15) is 11.1 Å². The van der Waals surface area contributed by atoms with Crippen molar-refractivity contribution in [3.63, 3.8) is 0 Å². The number of thioether (sulfide) groups is 1. The zero-order chi connectivity index (χ0) is 12.4. The average Bonchev–Trinajstić information content (AvgIpc) is 2.28. The first kappa shape index (κ1) is 12.5. The summed E-state index contributed by atoms with van der Waals surface area (Å²) < 4.78 is 0. The third-order valence-corrected chi connectivity index (χ3v) is 3.89. The van der Waals surface area contributed by atoms with E-state index in [2.05, 4.69) is 31.3 Å². The Morgan fingerprint density at radius 2 is 2.24 bits per heavy atom. The number of amides is 1.